The van der Waals surface area contributed by atoms with Crippen LogP contribution in [0.15, 0.2) is 35.1 Å². The Labute approximate surface area is 188 Å². The van der Waals surface area contributed by atoms with Gasteiger partial charge in [-0.1, -0.05) is 0 Å². The van der Waals surface area contributed by atoms with Gasteiger partial charge in [0.2, 0.25) is 0 Å². The molecule has 11 heteroatoms. The van der Waals surface area contributed by atoms with E-state index in [1.807, 2.05) is 0 Å². The average molecular weight is 475 g/mol. The molecule has 0 saturated carbocycles. The molecular formula is C23H17F4N3O4. The third kappa shape index (κ3) is 3.35. The molecule has 2 N–H and O–H groups in total. The number of nitrogens with one attached hydrogen (secondary N) is 2. The van der Waals surface area contributed by atoms with E-state index >= 15 is 0 Å². The van der Waals surface area contributed by atoms with Crippen molar-refractivity contribution in [2.24, 2.45) is 0 Å². The number of methoxy groups -OCH3 is 1. The fourth-order valence-corrected chi connectivity index (χ4v) is 4.31. The van der Waals surface area contributed by atoms with Gasteiger partial charge in [0.05, 0.1) is 23.7 Å². The largest absolute Gasteiger partial charge is 0.350 e. The number of carbonyl (C=O) groups is 1. The molecule has 0 radical (unpaired) electrons. The van der Waals surface area contributed by atoms with E-state index in [9.17, 15) is 27.2 Å². The van der Waals surface area contributed by atoms with E-state index in [1.165, 1.54) is 25.1 Å². The van der Waals surface area contributed by atoms with Gasteiger partial charge in [-0.25, -0.2) is 17.6 Å². The van der Waals surface area contributed by atoms with Gasteiger partial charge in [0.1, 0.15) is 5.69 Å². The summed E-state index contributed by atoms with van der Waals surface area (Å²) < 4.78 is 66.1. The molecule has 1 aliphatic rings. The molecule has 2 aromatic carbocycles. The minimum Gasteiger partial charge on any atom is -0.350 e. The quantitative estimate of drug-likeness (QED) is 0.438. The Bertz CT molecular complexity index is 1490. The fraction of sp³-hybridized carbons (Fsp3) is 0.217. The maximum absolute atomic E-state index is 14.2. The third-order valence-corrected chi connectivity index (χ3v) is 6.00. The van der Waals surface area contributed by atoms with E-state index < -0.39 is 47.1 Å². The lowest BCUT2D eigenvalue weighted by Crippen LogP contribution is -2.39. The van der Waals surface area contributed by atoms with E-state index in [4.69, 9.17) is 9.47 Å². The van der Waals surface area contributed by atoms with Crippen molar-refractivity contribution in [3.05, 3.63) is 80.9 Å². The SMILES string of the molecule is CO[C@@H]1OC[C@@H](N(C)C(=O)c2cc3cc(F)c(F)cc3[nH]2)c2c1[nH]c(=O)c1cc(F)c(F)cc21. The number of fused-ring (bicyclic) bond motifs is 4. The first-order valence-corrected chi connectivity index (χ1v) is 10.1. The Morgan fingerprint density at radius 2 is 1.65 bits per heavy atom. The van der Waals surface area contributed by atoms with Gasteiger partial charge in [0.25, 0.3) is 11.5 Å². The average Bonchev–Trinajstić information content (AvgIpc) is 3.21. The first-order valence-electron chi connectivity index (χ1n) is 10.1. The van der Waals surface area contributed by atoms with Crippen molar-refractivity contribution in [1.29, 1.82) is 0 Å². The van der Waals surface area contributed by atoms with Gasteiger partial charge in [-0.15, -0.1) is 0 Å². The maximum Gasteiger partial charge on any atom is 0.270 e. The molecule has 4 aromatic rings. The molecule has 34 heavy (non-hydrogen) atoms. The van der Waals surface area contributed by atoms with E-state index in [1.54, 1.807) is 0 Å². The van der Waals surface area contributed by atoms with Crippen molar-refractivity contribution in [3.63, 3.8) is 0 Å². The number of likely N-dealkylation sites (N-methyl/N-ethyl adjacent to an activating group) is 1. The second-order valence-electron chi connectivity index (χ2n) is 7.96. The number of benzene rings is 2. The van der Waals surface area contributed by atoms with E-state index in [2.05, 4.69) is 9.97 Å². The summed E-state index contributed by atoms with van der Waals surface area (Å²) in [5.74, 6) is -5.02. The molecule has 0 aliphatic carbocycles. The molecule has 176 valence electrons. The van der Waals surface area contributed by atoms with Crippen LogP contribution in [-0.2, 0) is 9.47 Å². The zero-order valence-corrected chi connectivity index (χ0v) is 17.8. The normalized spacial score (nSPS) is 17.8. The van der Waals surface area contributed by atoms with Crippen LogP contribution < -0.4 is 5.56 Å². The first-order chi connectivity index (χ1) is 16.2. The van der Waals surface area contributed by atoms with Crippen LogP contribution in [0.2, 0.25) is 0 Å². The van der Waals surface area contributed by atoms with E-state index in [0.29, 0.717) is 10.9 Å². The number of pyridine rings is 1. The van der Waals surface area contributed by atoms with Gasteiger partial charge in [-0.2, -0.15) is 0 Å². The molecule has 0 saturated heterocycles. The molecule has 0 fully saturated rings. The van der Waals surface area contributed by atoms with Crippen molar-refractivity contribution >= 4 is 27.6 Å². The van der Waals surface area contributed by atoms with Crippen molar-refractivity contribution in [3.8, 4) is 0 Å². The number of rotatable bonds is 3. The van der Waals surface area contributed by atoms with Gasteiger partial charge in [-0.05, 0) is 29.7 Å². The molecule has 1 aliphatic heterocycles. The maximum atomic E-state index is 14.2. The second kappa shape index (κ2) is 7.96. The number of nitrogens with zero attached hydrogens (tertiary/aromatic N) is 1. The molecule has 5 rings (SSSR count). The molecule has 7 nitrogen and oxygen atoms in total. The molecule has 0 bridgehead atoms. The number of aromatic nitrogens is 2. The predicted molar refractivity (Wildman–Crippen MR) is 113 cm³/mol. The Morgan fingerprint density at radius 3 is 2.35 bits per heavy atom. The highest BCUT2D eigenvalue weighted by molar-refractivity contribution is 5.98. The lowest BCUT2D eigenvalue weighted by Gasteiger charge is -2.36. The van der Waals surface area contributed by atoms with E-state index in [0.717, 1.165) is 24.3 Å². The topological polar surface area (TPSA) is 87.4 Å². The smallest absolute Gasteiger partial charge is 0.270 e. The van der Waals surface area contributed by atoms with Crippen LogP contribution in [0.4, 0.5) is 17.6 Å². The highest BCUT2D eigenvalue weighted by atomic mass is 19.2. The third-order valence-electron chi connectivity index (χ3n) is 6.00. The summed E-state index contributed by atoms with van der Waals surface area (Å²) >= 11 is 0. The Morgan fingerprint density at radius 1 is 1.00 bits per heavy atom. The summed E-state index contributed by atoms with van der Waals surface area (Å²) in [6, 6.07) is 4.14. The lowest BCUT2D eigenvalue weighted by molar-refractivity contribution is -0.150. The van der Waals surface area contributed by atoms with Crippen molar-refractivity contribution in [2.45, 2.75) is 12.3 Å². The number of carbonyl (C=O) groups excluding carboxylic acids is 1. The second-order valence-corrected chi connectivity index (χ2v) is 7.96. The number of H-pyrrole nitrogens is 2. The number of amides is 1. The van der Waals surface area contributed by atoms with Crippen LogP contribution in [0, 0.1) is 23.3 Å². The summed E-state index contributed by atoms with van der Waals surface area (Å²) in [5, 5.41) is 0.299. The highest BCUT2D eigenvalue weighted by Crippen LogP contribution is 2.39. The van der Waals surface area contributed by atoms with Crippen LogP contribution in [0.1, 0.15) is 34.1 Å². The molecule has 2 atom stereocenters. The predicted octanol–water partition coefficient (Wildman–Crippen LogP) is 4.05. The summed E-state index contributed by atoms with van der Waals surface area (Å²) in [6.45, 7) is -0.0859. The van der Waals surface area contributed by atoms with Crippen LogP contribution in [0.25, 0.3) is 21.7 Å². The summed E-state index contributed by atoms with van der Waals surface area (Å²) in [6.07, 6.45) is -1.00. The summed E-state index contributed by atoms with van der Waals surface area (Å²) in [7, 11) is 2.80. The monoisotopic (exact) mass is 475 g/mol. The van der Waals surface area contributed by atoms with E-state index in [-0.39, 0.29) is 34.3 Å². The Kier molecular flexibility index (Phi) is 5.18. The molecule has 1 amide bonds. The minimum atomic E-state index is -1.19. The number of hydrogen-bond acceptors (Lipinski definition) is 4. The number of aromatic amines is 2. The number of hydrogen-bond donors (Lipinski definition) is 2. The highest BCUT2D eigenvalue weighted by Gasteiger charge is 2.36. The van der Waals surface area contributed by atoms with Crippen molar-refractivity contribution < 1.29 is 31.8 Å². The standard InChI is InChI=1S/C23H17F4N3O4/c1-30(22(32)17-4-9-3-12(24)15(27)7-16(9)28-17)18-8-34-23(33-2)20-19(18)10-5-13(25)14(26)6-11(10)21(31)29-20/h3-7,18,23,28H,8H2,1-2H3,(H,29,31)/t18-,23-/m1/s1. The summed E-state index contributed by atoms with van der Waals surface area (Å²) in [5.41, 5.74) is 0.0949. The molecule has 2 aromatic heterocycles. The molecule has 0 spiro atoms. The van der Waals surface area contributed by atoms with Crippen molar-refractivity contribution in [2.75, 3.05) is 20.8 Å². The fourth-order valence-electron chi connectivity index (χ4n) is 4.31. The van der Waals surface area contributed by atoms with Crippen LogP contribution in [0.5, 0.6) is 0 Å². The zero-order valence-electron chi connectivity index (χ0n) is 17.8. The Hall–Kier alpha value is -3.70. The van der Waals surface area contributed by atoms with Crippen LogP contribution >= 0.6 is 0 Å². The molecule has 0 unspecified atom stereocenters. The van der Waals surface area contributed by atoms with Crippen LogP contribution in [0.3, 0.4) is 0 Å². The van der Waals surface area contributed by atoms with Gasteiger partial charge < -0.3 is 24.3 Å². The van der Waals surface area contributed by atoms with Gasteiger partial charge in [0, 0.05) is 36.7 Å². The minimum absolute atomic E-state index is 0.0453. The zero-order chi connectivity index (χ0) is 24.3. The lowest BCUT2D eigenvalue weighted by atomic mass is 9.94. The molecule has 3 heterocycles. The summed E-state index contributed by atoms with van der Waals surface area (Å²) in [4.78, 5) is 32.5. The number of ether oxygens (including phenoxy) is 2. The first kappa shape index (κ1) is 22.1. The molecular weight excluding hydrogens is 458 g/mol. The van der Waals surface area contributed by atoms with Gasteiger partial charge in [-0.3, -0.25) is 9.59 Å². The van der Waals surface area contributed by atoms with Crippen molar-refractivity contribution in [1.82, 2.24) is 14.9 Å². The van der Waals surface area contributed by atoms with Gasteiger partial charge in [0.15, 0.2) is 29.6 Å². The Balaban J connectivity index is 1.64. The number of halogens is 4. The van der Waals surface area contributed by atoms with Crippen LogP contribution in [-0.4, -0.2) is 41.5 Å². The van der Waals surface area contributed by atoms with Gasteiger partial charge >= 0.3 is 0 Å².